The number of hydrogen-bond acceptors (Lipinski definition) is 5. The zero-order chi connectivity index (χ0) is 19.3. The van der Waals surface area contributed by atoms with E-state index in [0.29, 0.717) is 17.9 Å². The van der Waals surface area contributed by atoms with E-state index in [0.717, 1.165) is 27.2 Å². The third-order valence-corrected chi connectivity index (χ3v) is 5.14. The predicted molar refractivity (Wildman–Crippen MR) is 111 cm³/mol. The number of nitrogens with one attached hydrogen (secondary N) is 2. The highest BCUT2D eigenvalue weighted by atomic mass is 32.1. The Bertz CT molecular complexity index is 1120. The number of methoxy groups -OCH3 is 1. The molecular weight excluding hydrogens is 372 g/mol. The van der Waals surface area contributed by atoms with E-state index >= 15 is 0 Å². The molecule has 3 aromatic heterocycles. The first kappa shape index (κ1) is 17.9. The molecule has 140 valence electrons. The third-order valence-electron chi connectivity index (χ3n) is 4.26. The molecule has 28 heavy (non-hydrogen) atoms. The Morgan fingerprint density at radius 3 is 2.89 bits per heavy atom. The van der Waals surface area contributed by atoms with Crippen LogP contribution in [0.2, 0.25) is 0 Å². The summed E-state index contributed by atoms with van der Waals surface area (Å²) < 4.78 is 5.60. The second-order valence-electron chi connectivity index (χ2n) is 6.03. The van der Waals surface area contributed by atoms with Gasteiger partial charge in [0.1, 0.15) is 5.75 Å². The molecule has 0 unspecified atom stereocenters. The van der Waals surface area contributed by atoms with Crippen LogP contribution in [0.15, 0.2) is 54.0 Å². The van der Waals surface area contributed by atoms with Crippen LogP contribution >= 0.6 is 11.3 Å². The largest absolute Gasteiger partial charge is 0.495 e. The van der Waals surface area contributed by atoms with Gasteiger partial charge in [0.05, 0.1) is 41.5 Å². The Morgan fingerprint density at radius 2 is 2.14 bits per heavy atom. The van der Waals surface area contributed by atoms with Gasteiger partial charge in [-0.3, -0.25) is 14.9 Å². The first-order valence-corrected chi connectivity index (χ1v) is 9.59. The number of aromatic amines is 1. The molecule has 0 saturated heterocycles. The van der Waals surface area contributed by atoms with Crippen LogP contribution in [-0.2, 0) is 6.54 Å². The molecule has 7 heteroatoms. The average Bonchev–Trinajstić information content (AvgIpc) is 3.40. The lowest BCUT2D eigenvalue weighted by Crippen LogP contribution is -2.22. The lowest BCUT2D eigenvalue weighted by atomic mass is 10.1. The maximum atomic E-state index is 12.7. The summed E-state index contributed by atoms with van der Waals surface area (Å²) in [4.78, 5) is 18.1. The lowest BCUT2D eigenvalue weighted by Gasteiger charge is -2.10. The standard InChI is InChI=1S/C21H18N4O2S/c1-27-20-16(21(26)23-13-15-6-4-12-28-15)8-10-18-19(20)17(24-25-18)9-7-14-5-2-3-11-22-14/h2-12H,13H2,1H3,(H,23,26)(H,24,25). The number of nitrogens with zero attached hydrogens (tertiary/aromatic N) is 2. The number of rotatable bonds is 6. The van der Waals surface area contributed by atoms with Crippen LogP contribution in [0.1, 0.15) is 26.6 Å². The number of amides is 1. The second-order valence-corrected chi connectivity index (χ2v) is 7.06. The van der Waals surface area contributed by atoms with E-state index in [2.05, 4.69) is 20.5 Å². The quantitative estimate of drug-likeness (QED) is 0.519. The molecule has 4 aromatic rings. The van der Waals surface area contributed by atoms with E-state index in [4.69, 9.17) is 4.74 Å². The van der Waals surface area contributed by atoms with E-state index in [1.807, 2.05) is 53.9 Å². The number of fused-ring (bicyclic) bond motifs is 1. The summed E-state index contributed by atoms with van der Waals surface area (Å²) in [5, 5.41) is 13.0. The van der Waals surface area contributed by atoms with E-state index in [1.54, 1.807) is 30.7 Å². The smallest absolute Gasteiger partial charge is 0.255 e. The van der Waals surface area contributed by atoms with Crippen LogP contribution in [0.25, 0.3) is 23.1 Å². The minimum absolute atomic E-state index is 0.187. The van der Waals surface area contributed by atoms with Gasteiger partial charge in [-0.05, 0) is 47.9 Å². The van der Waals surface area contributed by atoms with Crippen LogP contribution in [-0.4, -0.2) is 28.2 Å². The fourth-order valence-electron chi connectivity index (χ4n) is 2.93. The highest BCUT2D eigenvalue weighted by Crippen LogP contribution is 2.32. The molecule has 0 bridgehead atoms. The number of aromatic nitrogens is 3. The number of thiophene rings is 1. The van der Waals surface area contributed by atoms with Crippen molar-refractivity contribution in [1.82, 2.24) is 20.5 Å². The van der Waals surface area contributed by atoms with Crippen molar-refractivity contribution in [2.45, 2.75) is 6.54 Å². The van der Waals surface area contributed by atoms with Gasteiger partial charge in [-0.25, -0.2) is 0 Å². The molecule has 0 saturated carbocycles. The maximum Gasteiger partial charge on any atom is 0.255 e. The van der Waals surface area contributed by atoms with Gasteiger partial charge in [0.15, 0.2) is 0 Å². The Morgan fingerprint density at radius 1 is 1.21 bits per heavy atom. The molecule has 0 radical (unpaired) electrons. The third kappa shape index (κ3) is 3.65. The molecular formula is C21H18N4O2S. The lowest BCUT2D eigenvalue weighted by molar-refractivity contribution is 0.0948. The van der Waals surface area contributed by atoms with Gasteiger partial charge in [0.2, 0.25) is 0 Å². The monoisotopic (exact) mass is 390 g/mol. The fraction of sp³-hybridized carbons (Fsp3) is 0.0952. The molecule has 0 spiro atoms. The van der Waals surface area contributed by atoms with Crippen LogP contribution in [0.4, 0.5) is 0 Å². The van der Waals surface area contributed by atoms with Crippen LogP contribution in [0, 0.1) is 0 Å². The molecule has 2 N–H and O–H groups in total. The molecule has 0 aliphatic carbocycles. The van der Waals surface area contributed by atoms with Crippen molar-refractivity contribution in [3.8, 4) is 5.75 Å². The summed E-state index contributed by atoms with van der Waals surface area (Å²) in [5.41, 5.74) is 2.78. The van der Waals surface area contributed by atoms with E-state index < -0.39 is 0 Å². The van der Waals surface area contributed by atoms with Crippen molar-refractivity contribution in [2.75, 3.05) is 7.11 Å². The number of hydrogen-bond donors (Lipinski definition) is 2. The molecule has 0 atom stereocenters. The number of benzene rings is 1. The van der Waals surface area contributed by atoms with Gasteiger partial charge in [0.25, 0.3) is 5.91 Å². The van der Waals surface area contributed by atoms with Crippen molar-refractivity contribution in [2.24, 2.45) is 0 Å². The van der Waals surface area contributed by atoms with Gasteiger partial charge in [-0.1, -0.05) is 12.1 Å². The summed E-state index contributed by atoms with van der Waals surface area (Å²) in [6, 6.07) is 13.2. The molecule has 1 aromatic carbocycles. The van der Waals surface area contributed by atoms with Gasteiger partial charge in [0, 0.05) is 11.1 Å². The van der Waals surface area contributed by atoms with Gasteiger partial charge < -0.3 is 10.1 Å². The van der Waals surface area contributed by atoms with Crippen molar-refractivity contribution in [1.29, 1.82) is 0 Å². The van der Waals surface area contributed by atoms with Gasteiger partial charge >= 0.3 is 0 Å². The summed E-state index contributed by atoms with van der Waals surface area (Å²) >= 11 is 1.60. The highest BCUT2D eigenvalue weighted by molar-refractivity contribution is 7.09. The molecule has 1 amide bonds. The number of pyridine rings is 1. The minimum Gasteiger partial charge on any atom is -0.495 e. The van der Waals surface area contributed by atoms with E-state index in [9.17, 15) is 4.79 Å². The zero-order valence-corrected chi connectivity index (χ0v) is 16.0. The van der Waals surface area contributed by atoms with Crippen molar-refractivity contribution < 1.29 is 9.53 Å². The van der Waals surface area contributed by atoms with Crippen molar-refractivity contribution in [3.63, 3.8) is 0 Å². The fourth-order valence-corrected chi connectivity index (χ4v) is 3.58. The normalized spacial score (nSPS) is 11.2. The van der Waals surface area contributed by atoms with Crippen molar-refractivity contribution in [3.05, 3.63) is 75.9 Å². The summed E-state index contributed by atoms with van der Waals surface area (Å²) in [6.07, 6.45) is 5.50. The average molecular weight is 390 g/mol. The molecule has 0 aliphatic heterocycles. The Kier molecular flexibility index (Phi) is 5.16. The molecule has 3 heterocycles. The second kappa shape index (κ2) is 8.06. The summed E-state index contributed by atoms with van der Waals surface area (Å²) in [7, 11) is 1.56. The number of H-pyrrole nitrogens is 1. The van der Waals surface area contributed by atoms with E-state index in [1.165, 1.54) is 0 Å². The first-order chi connectivity index (χ1) is 13.8. The SMILES string of the molecule is COc1c(C(=O)NCc2cccs2)ccc2n[nH]c(C=Cc3ccccn3)c12. The van der Waals surface area contributed by atoms with E-state index in [-0.39, 0.29) is 5.91 Å². The van der Waals surface area contributed by atoms with Gasteiger partial charge in [-0.2, -0.15) is 5.10 Å². The molecule has 4 rings (SSSR count). The highest BCUT2D eigenvalue weighted by Gasteiger charge is 2.18. The number of ether oxygens (including phenoxy) is 1. The Balaban J connectivity index is 1.66. The number of carbonyl (C=O) groups excluding carboxylic acids is 1. The first-order valence-electron chi connectivity index (χ1n) is 8.71. The molecule has 0 aliphatic rings. The van der Waals surface area contributed by atoms with Crippen LogP contribution in [0.5, 0.6) is 5.75 Å². The van der Waals surface area contributed by atoms with Crippen LogP contribution < -0.4 is 10.1 Å². The topological polar surface area (TPSA) is 79.9 Å². The maximum absolute atomic E-state index is 12.7. The summed E-state index contributed by atoms with van der Waals surface area (Å²) in [5.74, 6) is 0.309. The Labute approximate surface area is 165 Å². The Hall–Kier alpha value is -3.45. The van der Waals surface area contributed by atoms with Gasteiger partial charge in [-0.15, -0.1) is 11.3 Å². The van der Waals surface area contributed by atoms with Crippen molar-refractivity contribution >= 4 is 40.3 Å². The number of carbonyl (C=O) groups is 1. The molecule has 6 nitrogen and oxygen atoms in total. The van der Waals surface area contributed by atoms with Crippen LogP contribution in [0.3, 0.4) is 0 Å². The summed E-state index contributed by atoms with van der Waals surface area (Å²) in [6.45, 7) is 0.482. The zero-order valence-electron chi connectivity index (χ0n) is 15.2. The molecule has 0 fully saturated rings. The predicted octanol–water partition coefficient (Wildman–Crippen LogP) is 4.13. The minimum atomic E-state index is -0.187.